The topological polar surface area (TPSA) is 92.8 Å². The van der Waals surface area contributed by atoms with E-state index in [-0.39, 0.29) is 41.5 Å². The molecule has 1 heterocycles. The summed E-state index contributed by atoms with van der Waals surface area (Å²) in [6.07, 6.45) is 4.84. The van der Waals surface area contributed by atoms with E-state index in [2.05, 4.69) is 5.32 Å². The molecule has 6 atom stereocenters. The molecule has 1 aromatic carbocycles. The van der Waals surface area contributed by atoms with Crippen molar-refractivity contribution in [1.82, 2.24) is 10.2 Å². The minimum atomic E-state index is -1.04. The number of carbonyl (C=O) groups excluding carboxylic acids is 4. The second kappa shape index (κ2) is 7.46. The second-order valence-electron chi connectivity index (χ2n) is 8.03. The van der Waals surface area contributed by atoms with Crippen molar-refractivity contribution in [2.75, 3.05) is 6.61 Å². The average molecular weight is 396 g/mol. The normalized spacial score (nSPS) is 29.0. The van der Waals surface area contributed by atoms with Crippen LogP contribution in [0.3, 0.4) is 0 Å². The largest absolute Gasteiger partial charge is 0.454 e. The summed E-state index contributed by atoms with van der Waals surface area (Å²) in [4.78, 5) is 51.1. The highest BCUT2D eigenvalue weighted by atomic mass is 16.5. The van der Waals surface area contributed by atoms with Crippen LogP contribution in [0, 0.1) is 23.7 Å². The number of nitrogens with zero attached hydrogens (tertiary/aromatic N) is 1. The lowest BCUT2D eigenvalue weighted by atomic mass is 9.85. The van der Waals surface area contributed by atoms with Gasteiger partial charge in [-0.3, -0.25) is 19.3 Å². The van der Waals surface area contributed by atoms with Crippen molar-refractivity contribution in [3.05, 3.63) is 48.0 Å². The van der Waals surface area contributed by atoms with Crippen LogP contribution >= 0.6 is 0 Å². The minimum Gasteiger partial charge on any atom is -0.454 e. The summed E-state index contributed by atoms with van der Waals surface area (Å²) in [6, 6.07) is 8.15. The fourth-order valence-corrected chi connectivity index (χ4v) is 4.78. The zero-order valence-electron chi connectivity index (χ0n) is 16.4. The van der Waals surface area contributed by atoms with Gasteiger partial charge in [0.15, 0.2) is 6.61 Å². The maximum Gasteiger partial charge on any atom is 0.329 e. The zero-order chi connectivity index (χ0) is 20.7. The van der Waals surface area contributed by atoms with Crippen LogP contribution in [0.5, 0.6) is 0 Å². The molecule has 0 radical (unpaired) electrons. The van der Waals surface area contributed by atoms with Gasteiger partial charge in [-0.05, 0) is 37.7 Å². The van der Waals surface area contributed by atoms with E-state index in [0.717, 1.165) is 16.9 Å². The van der Waals surface area contributed by atoms with Crippen molar-refractivity contribution >= 4 is 23.7 Å². The van der Waals surface area contributed by atoms with Crippen molar-refractivity contribution in [3.63, 3.8) is 0 Å². The van der Waals surface area contributed by atoms with E-state index in [1.54, 1.807) is 0 Å². The van der Waals surface area contributed by atoms with Crippen molar-refractivity contribution in [2.24, 2.45) is 23.7 Å². The Morgan fingerprint density at radius 1 is 1.07 bits per heavy atom. The molecule has 1 saturated heterocycles. The summed E-state index contributed by atoms with van der Waals surface area (Å²) in [5, 5.41) is 2.76. The monoisotopic (exact) mass is 396 g/mol. The first-order chi connectivity index (χ1) is 13.9. The van der Waals surface area contributed by atoms with E-state index in [1.165, 1.54) is 6.92 Å². The summed E-state index contributed by atoms with van der Waals surface area (Å²) in [7, 11) is 0. The molecule has 3 aliphatic rings. The van der Waals surface area contributed by atoms with Crippen LogP contribution in [0.1, 0.15) is 31.9 Å². The van der Waals surface area contributed by atoms with Gasteiger partial charge < -0.3 is 10.1 Å². The predicted molar refractivity (Wildman–Crippen MR) is 103 cm³/mol. The molecule has 0 unspecified atom stereocenters. The Morgan fingerprint density at radius 2 is 1.66 bits per heavy atom. The third-order valence-corrected chi connectivity index (χ3v) is 6.26. The fraction of sp³-hybridized carbons (Fsp3) is 0.455. The quantitative estimate of drug-likeness (QED) is 0.448. The first-order valence-electron chi connectivity index (χ1n) is 9.94. The molecule has 2 bridgehead atoms. The lowest BCUT2D eigenvalue weighted by Crippen LogP contribution is -2.46. The van der Waals surface area contributed by atoms with Crippen LogP contribution in [0.25, 0.3) is 0 Å². The highest BCUT2D eigenvalue weighted by molar-refractivity contribution is 6.08. The summed E-state index contributed by atoms with van der Waals surface area (Å²) >= 11 is 0. The maximum absolute atomic E-state index is 12.8. The Labute approximate surface area is 169 Å². The SMILES string of the molecule is C[C@H](NC(=O)COC(=O)[C@@H](C)N1C(=O)[C@@H]2[C@H](C1=O)[C@H]1C=C[C@H]2C1)c1ccccc1. The van der Waals surface area contributed by atoms with E-state index in [0.29, 0.717) is 0 Å². The molecule has 0 aromatic heterocycles. The molecule has 1 N–H and O–H groups in total. The lowest BCUT2D eigenvalue weighted by molar-refractivity contribution is -0.160. The molecule has 4 rings (SSSR count). The predicted octanol–water partition coefficient (Wildman–Crippen LogP) is 1.60. The summed E-state index contributed by atoms with van der Waals surface area (Å²) in [6.45, 7) is 2.84. The van der Waals surface area contributed by atoms with Gasteiger partial charge in [-0.2, -0.15) is 0 Å². The van der Waals surface area contributed by atoms with Crippen molar-refractivity contribution < 1.29 is 23.9 Å². The molecule has 1 aliphatic heterocycles. The minimum absolute atomic E-state index is 0.0833. The lowest BCUT2D eigenvalue weighted by Gasteiger charge is -2.23. The van der Waals surface area contributed by atoms with Gasteiger partial charge in [0.1, 0.15) is 6.04 Å². The highest BCUT2D eigenvalue weighted by Crippen LogP contribution is 2.52. The first kappa shape index (κ1) is 19.4. The fourth-order valence-electron chi connectivity index (χ4n) is 4.78. The van der Waals surface area contributed by atoms with Gasteiger partial charge in [-0.15, -0.1) is 0 Å². The van der Waals surface area contributed by atoms with Crippen LogP contribution in [-0.4, -0.2) is 41.2 Å². The summed E-state index contributed by atoms with van der Waals surface area (Å²) < 4.78 is 5.09. The average Bonchev–Trinajstić information content (AvgIpc) is 3.40. The van der Waals surface area contributed by atoms with Crippen LogP contribution in [0.2, 0.25) is 0 Å². The number of allylic oxidation sites excluding steroid dienone is 2. The molecule has 1 saturated carbocycles. The zero-order valence-corrected chi connectivity index (χ0v) is 16.4. The van der Waals surface area contributed by atoms with Gasteiger partial charge >= 0.3 is 5.97 Å². The Bertz CT molecular complexity index is 850. The van der Waals surface area contributed by atoms with Crippen molar-refractivity contribution in [1.29, 1.82) is 0 Å². The number of esters is 1. The molecule has 29 heavy (non-hydrogen) atoms. The molecule has 0 spiro atoms. The number of rotatable bonds is 6. The van der Waals surface area contributed by atoms with Gasteiger partial charge in [0.25, 0.3) is 5.91 Å². The molecule has 2 aliphatic carbocycles. The Hall–Kier alpha value is -2.96. The van der Waals surface area contributed by atoms with Crippen molar-refractivity contribution in [3.8, 4) is 0 Å². The van der Waals surface area contributed by atoms with E-state index in [1.807, 2.05) is 49.4 Å². The van der Waals surface area contributed by atoms with Crippen LogP contribution in [-0.2, 0) is 23.9 Å². The summed E-state index contributed by atoms with van der Waals surface area (Å²) in [5.41, 5.74) is 0.934. The van der Waals surface area contributed by atoms with Crippen molar-refractivity contribution in [2.45, 2.75) is 32.4 Å². The van der Waals surface area contributed by atoms with Crippen LogP contribution < -0.4 is 5.32 Å². The standard InChI is InChI=1S/C22H24N2O5/c1-12(14-6-4-3-5-7-14)23-17(25)11-29-22(28)13(2)24-20(26)18-15-8-9-16(10-15)19(18)21(24)27/h3-9,12-13,15-16,18-19H,10-11H2,1-2H3,(H,23,25)/t12-,13+,15-,16-,18-,19+/m0/s1. The number of carbonyl (C=O) groups is 4. The number of hydrogen-bond acceptors (Lipinski definition) is 5. The number of nitrogens with one attached hydrogen (secondary N) is 1. The van der Waals surface area contributed by atoms with E-state index < -0.39 is 24.5 Å². The summed E-state index contributed by atoms with van der Waals surface area (Å²) in [5.74, 6) is -2.35. The highest BCUT2D eigenvalue weighted by Gasteiger charge is 2.60. The molecule has 152 valence electrons. The molecule has 7 heteroatoms. The number of ether oxygens (including phenoxy) is 1. The number of likely N-dealkylation sites (tertiary alicyclic amines) is 1. The number of amides is 3. The number of imide groups is 1. The molecule has 7 nitrogen and oxygen atoms in total. The molecule has 2 fully saturated rings. The van der Waals surface area contributed by atoms with Crippen LogP contribution in [0.15, 0.2) is 42.5 Å². The number of benzene rings is 1. The maximum atomic E-state index is 12.8. The van der Waals surface area contributed by atoms with E-state index >= 15 is 0 Å². The molecule has 1 aromatic rings. The second-order valence-corrected chi connectivity index (χ2v) is 8.03. The molecule has 3 amide bonds. The molecular formula is C22H24N2O5. The van der Waals surface area contributed by atoms with Gasteiger partial charge in [-0.25, -0.2) is 4.79 Å². The van der Waals surface area contributed by atoms with Crippen LogP contribution in [0.4, 0.5) is 0 Å². The van der Waals surface area contributed by atoms with Gasteiger partial charge in [-0.1, -0.05) is 42.5 Å². The van der Waals surface area contributed by atoms with Gasteiger partial charge in [0, 0.05) is 0 Å². The first-order valence-corrected chi connectivity index (χ1v) is 9.94. The molecular weight excluding hydrogens is 372 g/mol. The Kier molecular flexibility index (Phi) is 4.98. The van der Waals surface area contributed by atoms with Gasteiger partial charge in [0.2, 0.25) is 11.8 Å². The smallest absolute Gasteiger partial charge is 0.329 e. The van der Waals surface area contributed by atoms with E-state index in [9.17, 15) is 19.2 Å². The van der Waals surface area contributed by atoms with E-state index in [4.69, 9.17) is 4.74 Å². The van der Waals surface area contributed by atoms with Gasteiger partial charge in [0.05, 0.1) is 17.9 Å². The third-order valence-electron chi connectivity index (χ3n) is 6.26. The third kappa shape index (κ3) is 3.34. The number of hydrogen-bond donors (Lipinski definition) is 1. The Balaban J connectivity index is 1.31. The Morgan fingerprint density at radius 3 is 2.24 bits per heavy atom. The number of fused-ring (bicyclic) bond motifs is 5.